The molecule has 0 saturated carbocycles. The van der Waals surface area contributed by atoms with Crippen molar-refractivity contribution in [3.05, 3.63) is 33.9 Å². The summed E-state index contributed by atoms with van der Waals surface area (Å²) in [6, 6.07) is 2.94. The molecule has 3 rings (SSSR count). The minimum atomic E-state index is -0.418. The lowest BCUT2D eigenvalue weighted by Gasteiger charge is -2.29. The number of piperazine rings is 1. The molecular weight excluding hydrogens is 283 g/mol. The molecule has 2 aromatic heterocycles. The number of aryl methyl sites for hydroxylation is 2. The molecule has 1 saturated heterocycles. The van der Waals surface area contributed by atoms with Crippen molar-refractivity contribution in [2.75, 3.05) is 31.1 Å². The van der Waals surface area contributed by atoms with Crippen LogP contribution in [-0.4, -0.2) is 35.7 Å². The summed E-state index contributed by atoms with van der Waals surface area (Å²) in [7, 11) is 0. The highest BCUT2D eigenvalue weighted by atomic mass is 19.1. The molecule has 1 aliphatic rings. The molecular formula is C16H21FN4O. The van der Waals surface area contributed by atoms with E-state index in [1.165, 1.54) is 6.07 Å². The van der Waals surface area contributed by atoms with Gasteiger partial charge in [-0.1, -0.05) is 6.92 Å². The maximum atomic E-state index is 14.4. The van der Waals surface area contributed by atoms with E-state index in [2.05, 4.69) is 10.3 Å². The van der Waals surface area contributed by atoms with Gasteiger partial charge in [0, 0.05) is 44.5 Å². The zero-order valence-electron chi connectivity index (χ0n) is 13.0. The van der Waals surface area contributed by atoms with Crippen molar-refractivity contribution in [3.63, 3.8) is 0 Å². The van der Waals surface area contributed by atoms with Crippen molar-refractivity contribution in [2.45, 2.75) is 26.8 Å². The normalized spacial score (nSPS) is 15.5. The molecule has 22 heavy (non-hydrogen) atoms. The van der Waals surface area contributed by atoms with Gasteiger partial charge in [0.1, 0.15) is 5.65 Å². The molecule has 0 aliphatic carbocycles. The number of aromatic nitrogens is 2. The Labute approximate surface area is 128 Å². The summed E-state index contributed by atoms with van der Waals surface area (Å²) in [5.74, 6) is -0.0674. The van der Waals surface area contributed by atoms with Crippen LogP contribution in [0.25, 0.3) is 11.0 Å². The monoisotopic (exact) mass is 304 g/mol. The number of nitrogens with zero attached hydrogens (tertiary/aromatic N) is 3. The lowest BCUT2D eigenvalue weighted by molar-refractivity contribution is 0.559. The van der Waals surface area contributed by atoms with E-state index in [4.69, 9.17) is 0 Å². The number of halogens is 1. The van der Waals surface area contributed by atoms with Crippen LogP contribution in [0.2, 0.25) is 0 Å². The first-order chi connectivity index (χ1) is 10.7. The van der Waals surface area contributed by atoms with Crippen LogP contribution in [0.4, 0.5) is 10.2 Å². The van der Waals surface area contributed by atoms with Crippen LogP contribution < -0.4 is 15.6 Å². The Kier molecular flexibility index (Phi) is 4.11. The lowest BCUT2D eigenvalue weighted by Crippen LogP contribution is -2.44. The van der Waals surface area contributed by atoms with E-state index in [-0.39, 0.29) is 5.43 Å². The molecule has 0 spiro atoms. The molecule has 0 atom stereocenters. The fourth-order valence-electron chi connectivity index (χ4n) is 3.04. The molecule has 5 nitrogen and oxygen atoms in total. The fraction of sp³-hybridized carbons (Fsp3) is 0.500. The van der Waals surface area contributed by atoms with E-state index in [9.17, 15) is 9.18 Å². The number of hydrogen-bond acceptors (Lipinski definition) is 4. The number of pyridine rings is 2. The molecule has 0 amide bonds. The summed E-state index contributed by atoms with van der Waals surface area (Å²) in [6.45, 7) is 7.80. The molecule has 0 bridgehead atoms. The second-order valence-electron chi connectivity index (χ2n) is 5.50. The summed E-state index contributed by atoms with van der Waals surface area (Å²) in [5, 5.41) is 3.60. The highest BCUT2D eigenvalue weighted by molar-refractivity contribution is 5.78. The van der Waals surface area contributed by atoms with Gasteiger partial charge in [-0.2, -0.15) is 0 Å². The average molecular weight is 304 g/mol. The van der Waals surface area contributed by atoms with Crippen molar-refractivity contribution in [1.29, 1.82) is 0 Å². The third kappa shape index (κ3) is 2.47. The van der Waals surface area contributed by atoms with Crippen molar-refractivity contribution >= 4 is 16.9 Å². The van der Waals surface area contributed by atoms with Crippen molar-refractivity contribution in [1.82, 2.24) is 14.9 Å². The topological polar surface area (TPSA) is 50.2 Å². The first-order valence-corrected chi connectivity index (χ1v) is 7.84. The van der Waals surface area contributed by atoms with Crippen molar-refractivity contribution < 1.29 is 4.39 Å². The molecule has 6 heteroatoms. The van der Waals surface area contributed by atoms with Gasteiger partial charge in [0.05, 0.1) is 5.39 Å². The van der Waals surface area contributed by atoms with E-state index < -0.39 is 5.82 Å². The van der Waals surface area contributed by atoms with E-state index in [0.29, 0.717) is 23.4 Å². The SMILES string of the molecule is CCc1cc(=O)c2cc(F)c(N3CCNCC3)nc2n1CC. The van der Waals surface area contributed by atoms with Gasteiger partial charge in [0.2, 0.25) is 0 Å². The van der Waals surface area contributed by atoms with Crippen LogP contribution in [0.1, 0.15) is 19.5 Å². The van der Waals surface area contributed by atoms with Gasteiger partial charge in [-0.25, -0.2) is 9.37 Å². The zero-order valence-corrected chi connectivity index (χ0v) is 13.0. The number of nitrogens with one attached hydrogen (secondary N) is 1. The lowest BCUT2D eigenvalue weighted by atomic mass is 10.2. The molecule has 0 radical (unpaired) electrons. The van der Waals surface area contributed by atoms with Crippen LogP contribution in [0, 0.1) is 5.82 Å². The summed E-state index contributed by atoms with van der Waals surface area (Å²) >= 11 is 0. The average Bonchev–Trinajstić information content (AvgIpc) is 2.55. The van der Waals surface area contributed by atoms with Gasteiger partial charge in [-0.3, -0.25) is 4.79 Å². The Balaban J connectivity index is 2.23. The van der Waals surface area contributed by atoms with Gasteiger partial charge in [-0.05, 0) is 19.4 Å². The Hall–Kier alpha value is -1.95. The predicted octanol–water partition coefficient (Wildman–Crippen LogP) is 1.53. The third-order valence-electron chi connectivity index (χ3n) is 4.20. The van der Waals surface area contributed by atoms with E-state index in [1.54, 1.807) is 6.07 Å². The smallest absolute Gasteiger partial charge is 0.191 e. The second kappa shape index (κ2) is 6.04. The Morgan fingerprint density at radius 3 is 2.64 bits per heavy atom. The molecule has 2 aromatic rings. The molecule has 3 heterocycles. The second-order valence-corrected chi connectivity index (χ2v) is 5.50. The Morgan fingerprint density at radius 1 is 1.27 bits per heavy atom. The van der Waals surface area contributed by atoms with Gasteiger partial charge in [-0.15, -0.1) is 0 Å². The first-order valence-electron chi connectivity index (χ1n) is 7.84. The third-order valence-corrected chi connectivity index (χ3v) is 4.20. The predicted molar refractivity (Wildman–Crippen MR) is 86.1 cm³/mol. The maximum Gasteiger partial charge on any atom is 0.191 e. The molecule has 118 valence electrons. The summed E-state index contributed by atoms with van der Waals surface area (Å²) in [6.07, 6.45) is 0.751. The van der Waals surface area contributed by atoms with Crippen LogP contribution in [-0.2, 0) is 13.0 Å². The first kappa shape index (κ1) is 15.0. The van der Waals surface area contributed by atoms with Gasteiger partial charge >= 0.3 is 0 Å². The van der Waals surface area contributed by atoms with Gasteiger partial charge < -0.3 is 14.8 Å². The van der Waals surface area contributed by atoms with Crippen LogP contribution in [0.3, 0.4) is 0 Å². The molecule has 1 fully saturated rings. The molecule has 0 aromatic carbocycles. The number of rotatable bonds is 3. The quantitative estimate of drug-likeness (QED) is 0.934. The Bertz CT molecular complexity index is 750. The van der Waals surface area contributed by atoms with E-state index >= 15 is 0 Å². The minimum Gasteiger partial charge on any atom is -0.352 e. The van der Waals surface area contributed by atoms with Crippen LogP contribution in [0.5, 0.6) is 0 Å². The fourth-order valence-corrected chi connectivity index (χ4v) is 3.04. The highest BCUT2D eigenvalue weighted by Gasteiger charge is 2.19. The van der Waals surface area contributed by atoms with E-state index in [0.717, 1.165) is 38.3 Å². The van der Waals surface area contributed by atoms with Crippen LogP contribution >= 0.6 is 0 Å². The number of hydrogen-bond donors (Lipinski definition) is 1. The standard InChI is InChI=1S/C16H21FN4O/c1-3-11-9-14(22)12-10-13(17)16(19-15(12)21(11)4-2)20-7-5-18-6-8-20/h9-10,18H,3-8H2,1-2H3. The number of fused-ring (bicyclic) bond motifs is 1. The van der Waals surface area contributed by atoms with Gasteiger partial charge in [0.15, 0.2) is 17.1 Å². The van der Waals surface area contributed by atoms with Gasteiger partial charge in [0.25, 0.3) is 0 Å². The van der Waals surface area contributed by atoms with Crippen molar-refractivity contribution in [2.24, 2.45) is 0 Å². The molecule has 1 aliphatic heterocycles. The van der Waals surface area contributed by atoms with Crippen molar-refractivity contribution in [3.8, 4) is 0 Å². The summed E-state index contributed by atoms with van der Waals surface area (Å²) < 4.78 is 16.4. The number of anilines is 1. The maximum absolute atomic E-state index is 14.4. The highest BCUT2D eigenvalue weighted by Crippen LogP contribution is 2.22. The zero-order chi connectivity index (χ0) is 15.7. The minimum absolute atomic E-state index is 0.158. The summed E-state index contributed by atoms with van der Waals surface area (Å²) in [4.78, 5) is 18.7. The van der Waals surface area contributed by atoms with Crippen LogP contribution in [0.15, 0.2) is 16.9 Å². The van der Waals surface area contributed by atoms with E-state index in [1.807, 2.05) is 23.3 Å². The molecule has 0 unspecified atom stereocenters. The largest absolute Gasteiger partial charge is 0.352 e. The Morgan fingerprint density at radius 2 is 2.00 bits per heavy atom. The summed E-state index contributed by atoms with van der Waals surface area (Å²) in [5.41, 5.74) is 1.36. The molecule has 1 N–H and O–H groups in total.